The van der Waals surface area contributed by atoms with Crippen LogP contribution in [0.4, 0.5) is 0 Å². The summed E-state index contributed by atoms with van der Waals surface area (Å²) in [5.41, 5.74) is 12.3. The molecule has 10 aromatic rings. The Balaban J connectivity index is 0.993. The minimum atomic E-state index is 0.613. The van der Waals surface area contributed by atoms with Crippen LogP contribution >= 0.6 is 0 Å². The highest BCUT2D eigenvalue weighted by molar-refractivity contribution is 6.10. The Hall–Kier alpha value is -7.57. The van der Waals surface area contributed by atoms with Crippen LogP contribution in [0.2, 0.25) is 0 Å². The molecule has 6 nitrogen and oxygen atoms in total. The van der Waals surface area contributed by atoms with Crippen molar-refractivity contribution in [2.45, 2.75) is 0 Å². The van der Waals surface area contributed by atoms with Crippen LogP contribution in [0.25, 0.3) is 95.3 Å². The summed E-state index contributed by atoms with van der Waals surface area (Å²) in [6.07, 6.45) is 3.67. The third-order valence-electron chi connectivity index (χ3n) is 10.00. The van der Waals surface area contributed by atoms with Gasteiger partial charge in [0.15, 0.2) is 17.5 Å². The lowest BCUT2D eigenvalue weighted by atomic mass is 10.0. The van der Waals surface area contributed by atoms with Gasteiger partial charge in [-0.1, -0.05) is 140 Å². The van der Waals surface area contributed by atoms with E-state index in [1.807, 2.05) is 60.8 Å². The number of benzene rings is 6. The summed E-state index contributed by atoms with van der Waals surface area (Å²) >= 11 is 0. The lowest BCUT2D eigenvalue weighted by molar-refractivity contribution is 1.07. The van der Waals surface area contributed by atoms with Crippen LogP contribution in [0.15, 0.2) is 194 Å². The van der Waals surface area contributed by atoms with Crippen LogP contribution in [-0.4, -0.2) is 29.5 Å². The first kappa shape index (κ1) is 32.1. The Labute approximate surface area is 318 Å². The lowest BCUT2D eigenvalue weighted by Gasteiger charge is -2.10. The number of fused-ring (bicyclic) bond motifs is 3. The third kappa shape index (κ3) is 6.11. The van der Waals surface area contributed by atoms with Gasteiger partial charge in [0.25, 0.3) is 0 Å². The number of hydrogen-bond donors (Lipinski definition) is 0. The predicted molar refractivity (Wildman–Crippen MR) is 222 cm³/mol. The molecule has 4 aromatic heterocycles. The van der Waals surface area contributed by atoms with Gasteiger partial charge in [0.2, 0.25) is 0 Å². The molecule has 0 bridgehead atoms. The van der Waals surface area contributed by atoms with Crippen molar-refractivity contribution in [2.75, 3.05) is 0 Å². The second kappa shape index (κ2) is 13.8. The number of para-hydroxylation sites is 2. The first-order valence-electron chi connectivity index (χ1n) is 18.2. The maximum Gasteiger partial charge on any atom is 0.164 e. The van der Waals surface area contributed by atoms with E-state index in [4.69, 9.17) is 15.0 Å². The van der Waals surface area contributed by atoms with E-state index in [0.29, 0.717) is 17.5 Å². The van der Waals surface area contributed by atoms with E-state index in [2.05, 4.69) is 142 Å². The van der Waals surface area contributed by atoms with E-state index >= 15 is 0 Å². The van der Waals surface area contributed by atoms with Gasteiger partial charge >= 0.3 is 0 Å². The van der Waals surface area contributed by atoms with Crippen molar-refractivity contribution in [3.63, 3.8) is 0 Å². The highest BCUT2D eigenvalue weighted by Gasteiger charge is 2.15. The van der Waals surface area contributed by atoms with Gasteiger partial charge in [-0.15, -0.1) is 0 Å². The molecular weight excluding hydrogens is 673 g/mol. The molecular formula is C49H32N6. The molecule has 55 heavy (non-hydrogen) atoms. The number of aromatic nitrogens is 6. The van der Waals surface area contributed by atoms with Gasteiger partial charge in [-0.25, -0.2) is 15.0 Å². The highest BCUT2D eigenvalue weighted by atomic mass is 15.0. The number of pyridine rings is 2. The quantitative estimate of drug-likeness (QED) is 0.165. The van der Waals surface area contributed by atoms with E-state index in [-0.39, 0.29) is 0 Å². The first-order chi connectivity index (χ1) is 27.2. The van der Waals surface area contributed by atoms with E-state index in [9.17, 15) is 0 Å². The zero-order chi connectivity index (χ0) is 36.6. The van der Waals surface area contributed by atoms with Gasteiger partial charge in [0.05, 0.1) is 22.4 Å². The van der Waals surface area contributed by atoms with Gasteiger partial charge in [-0.05, 0) is 59.2 Å². The van der Waals surface area contributed by atoms with E-state index < -0.39 is 0 Å². The fraction of sp³-hybridized carbons (Fsp3) is 0. The maximum atomic E-state index is 5.01. The summed E-state index contributed by atoms with van der Waals surface area (Å²) in [6.45, 7) is 0. The van der Waals surface area contributed by atoms with Gasteiger partial charge in [0.1, 0.15) is 0 Å². The normalized spacial score (nSPS) is 11.3. The van der Waals surface area contributed by atoms with E-state index in [0.717, 1.165) is 56.0 Å². The number of rotatable bonds is 7. The Bertz CT molecular complexity index is 2920. The molecule has 0 aliphatic carbocycles. The Morgan fingerprint density at radius 1 is 0.327 bits per heavy atom. The number of hydrogen-bond acceptors (Lipinski definition) is 5. The molecule has 0 spiro atoms. The van der Waals surface area contributed by atoms with Crippen LogP contribution in [0.3, 0.4) is 0 Å². The first-order valence-corrected chi connectivity index (χ1v) is 18.2. The third-order valence-corrected chi connectivity index (χ3v) is 10.00. The minimum Gasteiger partial charge on any atom is -0.309 e. The SMILES string of the molecule is c1ccc(-c2nc(-c3ccc(-c4ccc(-c5ccccn5)nc4)cc3)nc(-c3ccc(-c4ccc5c6ccccc6n(-c6ccccc6)c5c4)cc3)n2)cc1. The van der Waals surface area contributed by atoms with Crippen molar-refractivity contribution < 1.29 is 0 Å². The largest absolute Gasteiger partial charge is 0.309 e. The van der Waals surface area contributed by atoms with Crippen LogP contribution in [0.1, 0.15) is 0 Å². The topological polar surface area (TPSA) is 69.4 Å². The fourth-order valence-electron chi connectivity index (χ4n) is 7.21. The molecule has 0 amide bonds. The molecule has 6 aromatic carbocycles. The maximum absolute atomic E-state index is 5.01. The number of nitrogens with zero attached hydrogens (tertiary/aromatic N) is 6. The fourth-order valence-corrected chi connectivity index (χ4v) is 7.21. The molecule has 0 saturated heterocycles. The van der Waals surface area contributed by atoms with Crippen molar-refractivity contribution in [2.24, 2.45) is 0 Å². The summed E-state index contributed by atoms with van der Waals surface area (Å²) < 4.78 is 2.35. The molecule has 0 atom stereocenters. The van der Waals surface area contributed by atoms with Crippen LogP contribution in [-0.2, 0) is 0 Å². The standard InChI is InChI=1S/C49H32N6/c1-3-11-35(12-4-1)47-52-48(54-49(53-47)37-24-20-34(21-25-37)39-27-29-44(51-32-39)43-16-9-10-30-50-43)36-22-18-33(19-23-36)38-26-28-42-41-15-7-8-17-45(41)55(46(42)31-38)40-13-5-2-6-14-40/h1-32H. The Morgan fingerprint density at radius 3 is 1.47 bits per heavy atom. The molecule has 0 saturated carbocycles. The lowest BCUT2D eigenvalue weighted by Crippen LogP contribution is -2.00. The second-order valence-electron chi connectivity index (χ2n) is 13.4. The van der Waals surface area contributed by atoms with Gasteiger partial charge in [-0.2, -0.15) is 0 Å². The zero-order valence-corrected chi connectivity index (χ0v) is 29.7. The zero-order valence-electron chi connectivity index (χ0n) is 29.7. The second-order valence-corrected chi connectivity index (χ2v) is 13.4. The van der Waals surface area contributed by atoms with Crippen LogP contribution < -0.4 is 0 Å². The average Bonchev–Trinajstić information content (AvgIpc) is 3.61. The molecule has 4 heterocycles. The predicted octanol–water partition coefficient (Wildman–Crippen LogP) is 11.8. The van der Waals surface area contributed by atoms with Crippen molar-refractivity contribution >= 4 is 21.8 Å². The molecule has 0 N–H and O–H groups in total. The molecule has 0 unspecified atom stereocenters. The molecule has 258 valence electrons. The summed E-state index contributed by atoms with van der Waals surface area (Å²) in [6, 6.07) is 62.7. The summed E-state index contributed by atoms with van der Waals surface area (Å²) in [5, 5.41) is 2.47. The molecule has 0 radical (unpaired) electrons. The molecule has 6 heteroatoms. The van der Waals surface area contributed by atoms with Crippen molar-refractivity contribution in [1.82, 2.24) is 29.5 Å². The van der Waals surface area contributed by atoms with Gasteiger partial charge in [-0.3, -0.25) is 9.97 Å². The molecule has 0 aliphatic rings. The summed E-state index contributed by atoms with van der Waals surface area (Å²) in [5.74, 6) is 1.86. The van der Waals surface area contributed by atoms with E-state index in [1.165, 1.54) is 21.8 Å². The van der Waals surface area contributed by atoms with Crippen LogP contribution in [0, 0.1) is 0 Å². The van der Waals surface area contributed by atoms with Gasteiger partial charge in [0, 0.05) is 51.1 Å². The summed E-state index contributed by atoms with van der Waals surface area (Å²) in [7, 11) is 0. The average molecular weight is 705 g/mol. The smallest absolute Gasteiger partial charge is 0.164 e. The van der Waals surface area contributed by atoms with Crippen molar-refractivity contribution in [1.29, 1.82) is 0 Å². The molecule has 10 rings (SSSR count). The van der Waals surface area contributed by atoms with Crippen molar-refractivity contribution in [3.8, 4) is 73.5 Å². The van der Waals surface area contributed by atoms with E-state index in [1.54, 1.807) is 6.20 Å². The minimum absolute atomic E-state index is 0.613. The van der Waals surface area contributed by atoms with Crippen molar-refractivity contribution in [3.05, 3.63) is 194 Å². The Kier molecular flexibility index (Phi) is 8.04. The highest BCUT2D eigenvalue weighted by Crippen LogP contribution is 2.35. The summed E-state index contributed by atoms with van der Waals surface area (Å²) in [4.78, 5) is 24.0. The monoisotopic (exact) mass is 704 g/mol. The van der Waals surface area contributed by atoms with Gasteiger partial charge < -0.3 is 4.57 Å². The Morgan fingerprint density at radius 2 is 0.836 bits per heavy atom. The molecule has 0 aliphatic heterocycles. The molecule has 0 fully saturated rings. The van der Waals surface area contributed by atoms with Crippen LogP contribution in [0.5, 0.6) is 0 Å².